The molecule has 0 aliphatic heterocycles. The third-order valence-corrected chi connectivity index (χ3v) is 6.33. The summed E-state index contributed by atoms with van der Waals surface area (Å²) in [6.45, 7) is 4.87. The molecule has 1 aromatic heterocycles. The van der Waals surface area contributed by atoms with Gasteiger partial charge in [0.05, 0.1) is 6.61 Å². The number of rotatable bonds is 12. The van der Waals surface area contributed by atoms with E-state index in [9.17, 15) is 4.79 Å². The number of carbonyl (C=O) groups excluding carboxylic acids is 1. The van der Waals surface area contributed by atoms with E-state index in [0.29, 0.717) is 11.6 Å². The van der Waals surface area contributed by atoms with Gasteiger partial charge in [-0.25, -0.2) is 9.97 Å². The van der Waals surface area contributed by atoms with Gasteiger partial charge < -0.3 is 20.3 Å². The van der Waals surface area contributed by atoms with Crippen LogP contribution in [0.3, 0.4) is 0 Å². The quantitative estimate of drug-likeness (QED) is 0.410. The average Bonchev–Trinajstić information content (AvgIpc) is 2.82. The van der Waals surface area contributed by atoms with E-state index in [2.05, 4.69) is 27.5 Å². The van der Waals surface area contributed by atoms with Gasteiger partial charge in [0, 0.05) is 37.8 Å². The summed E-state index contributed by atoms with van der Waals surface area (Å²) >= 11 is 0. The molecule has 0 atom stereocenters. The van der Waals surface area contributed by atoms with Crippen molar-refractivity contribution in [1.82, 2.24) is 15.3 Å². The maximum absolute atomic E-state index is 12.7. The highest BCUT2D eigenvalue weighted by atomic mass is 16.5. The first-order valence-electron chi connectivity index (χ1n) is 12.8. The van der Waals surface area contributed by atoms with Gasteiger partial charge in [0.15, 0.2) is 0 Å². The molecule has 34 heavy (non-hydrogen) atoms. The Kier molecular flexibility index (Phi) is 9.98. The SMILES string of the molecule is CCCCCCCOc1ccc(C(=O)NC2CCC(Nc3cc(N(C)C)nc(C)n3)CC2)cc1. The average molecular weight is 468 g/mol. The fourth-order valence-electron chi connectivity index (χ4n) is 4.31. The van der Waals surface area contributed by atoms with Crippen molar-refractivity contribution in [3.63, 3.8) is 0 Å². The van der Waals surface area contributed by atoms with Gasteiger partial charge in [-0.1, -0.05) is 32.6 Å². The van der Waals surface area contributed by atoms with Crippen LogP contribution in [0.4, 0.5) is 11.6 Å². The fourth-order valence-corrected chi connectivity index (χ4v) is 4.31. The van der Waals surface area contributed by atoms with Gasteiger partial charge >= 0.3 is 0 Å². The molecule has 2 N–H and O–H groups in total. The number of carbonyl (C=O) groups is 1. The van der Waals surface area contributed by atoms with Crippen molar-refractivity contribution in [2.45, 2.75) is 83.7 Å². The summed E-state index contributed by atoms with van der Waals surface area (Å²) in [7, 11) is 3.96. The molecule has 1 aromatic carbocycles. The van der Waals surface area contributed by atoms with Crippen molar-refractivity contribution in [3.05, 3.63) is 41.7 Å². The number of ether oxygens (including phenoxy) is 1. The van der Waals surface area contributed by atoms with E-state index in [-0.39, 0.29) is 11.9 Å². The predicted molar refractivity (Wildman–Crippen MR) is 139 cm³/mol. The number of hydrogen-bond acceptors (Lipinski definition) is 6. The van der Waals surface area contributed by atoms with Crippen molar-refractivity contribution >= 4 is 17.5 Å². The van der Waals surface area contributed by atoms with Gasteiger partial charge in [-0.2, -0.15) is 0 Å². The summed E-state index contributed by atoms with van der Waals surface area (Å²) in [6, 6.07) is 10.1. The molecule has 3 rings (SSSR count). The standard InChI is InChI=1S/C27H41N5O2/c1-5-6-7-8-9-18-34-24-16-10-21(11-17-24)27(33)31-23-14-12-22(13-15-23)30-25-19-26(32(3)4)29-20(2)28-25/h10-11,16-17,19,22-23H,5-9,12-15,18H2,1-4H3,(H,31,33)(H,28,29,30). The van der Waals surface area contributed by atoms with Crippen LogP contribution in [0.1, 0.15) is 80.9 Å². The van der Waals surface area contributed by atoms with Gasteiger partial charge in [-0.05, 0) is 63.3 Å². The first-order valence-corrected chi connectivity index (χ1v) is 12.8. The van der Waals surface area contributed by atoms with Crippen LogP contribution < -0.4 is 20.3 Å². The number of nitrogens with one attached hydrogen (secondary N) is 2. The summed E-state index contributed by atoms with van der Waals surface area (Å²) in [6.07, 6.45) is 10.0. The van der Waals surface area contributed by atoms with Crippen molar-refractivity contribution in [2.75, 3.05) is 30.9 Å². The van der Waals surface area contributed by atoms with Gasteiger partial charge in [-0.3, -0.25) is 4.79 Å². The minimum absolute atomic E-state index is 0.00965. The molecule has 7 heteroatoms. The fraction of sp³-hybridized carbons (Fsp3) is 0.593. The first-order chi connectivity index (χ1) is 16.4. The molecule has 0 saturated heterocycles. The number of benzene rings is 1. The lowest BCUT2D eigenvalue weighted by molar-refractivity contribution is 0.0926. The normalized spacial score (nSPS) is 17.8. The Bertz CT molecular complexity index is 892. The number of aromatic nitrogens is 2. The molecule has 2 aromatic rings. The molecule has 1 aliphatic carbocycles. The maximum Gasteiger partial charge on any atom is 0.251 e. The summed E-state index contributed by atoms with van der Waals surface area (Å²) in [4.78, 5) is 23.7. The van der Waals surface area contributed by atoms with Crippen LogP contribution in [-0.4, -0.2) is 48.7 Å². The van der Waals surface area contributed by atoms with Crippen molar-refractivity contribution in [1.29, 1.82) is 0 Å². The Balaban J connectivity index is 1.40. The summed E-state index contributed by atoms with van der Waals surface area (Å²) in [5.74, 6) is 3.35. The maximum atomic E-state index is 12.7. The molecule has 1 fully saturated rings. The molecule has 0 bridgehead atoms. The molecule has 1 saturated carbocycles. The van der Waals surface area contributed by atoms with E-state index >= 15 is 0 Å². The van der Waals surface area contributed by atoms with E-state index in [1.165, 1.54) is 25.7 Å². The summed E-state index contributed by atoms with van der Waals surface area (Å²) in [5.41, 5.74) is 0.684. The molecule has 186 valence electrons. The molecule has 1 aliphatic rings. The Hall–Kier alpha value is -2.83. The van der Waals surface area contributed by atoms with Crippen LogP contribution >= 0.6 is 0 Å². The van der Waals surface area contributed by atoms with Gasteiger partial charge in [0.25, 0.3) is 5.91 Å². The molecule has 1 heterocycles. The van der Waals surface area contributed by atoms with Crippen LogP contribution in [0.25, 0.3) is 0 Å². The number of anilines is 2. The Labute approximate surface area is 204 Å². The monoisotopic (exact) mass is 467 g/mol. The first kappa shape index (κ1) is 25.8. The number of hydrogen-bond donors (Lipinski definition) is 2. The van der Waals surface area contributed by atoms with Gasteiger partial charge in [-0.15, -0.1) is 0 Å². The number of amides is 1. The van der Waals surface area contributed by atoms with E-state index in [4.69, 9.17) is 4.74 Å². The highest BCUT2D eigenvalue weighted by molar-refractivity contribution is 5.94. The third-order valence-electron chi connectivity index (χ3n) is 6.33. The molecule has 0 unspecified atom stereocenters. The van der Waals surface area contributed by atoms with E-state index in [1.54, 1.807) is 0 Å². The largest absolute Gasteiger partial charge is 0.494 e. The van der Waals surface area contributed by atoms with Crippen LogP contribution in [0.5, 0.6) is 5.75 Å². The lowest BCUT2D eigenvalue weighted by Crippen LogP contribution is -2.40. The second-order valence-electron chi connectivity index (χ2n) is 9.51. The lowest BCUT2D eigenvalue weighted by atomic mass is 9.91. The predicted octanol–water partition coefficient (Wildman–Crippen LogP) is 5.35. The van der Waals surface area contributed by atoms with Crippen molar-refractivity contribution in [3.8, 4) is 5.75 Å². The third kappa shape index (κ3) is 8.19. The molecular weight excluding hydrogens is 426 g/mol. The van der Waals surface area contributed by atoms with E-state index in [0.717, 1.165) is 61.9 Å². The Morgan fingerprint density at radius 3 is 2.35 bits per heavy atom. The molecule has 7 nitrogen and oxygen atoms in total. The van der Waals surface area contributed by atoms with E-state index in [1.807, 2.05) is 56.3 Å². The summed E-state index contributed by atoms with van der Waals surface area (Å²) < 4.78 is 5.81. The minimum atomic E-state index is -0.00965. The van der Waals surface area contributed by atoms with Crippen molar-refractivity contribution in [2.24, 2.45) is 0 Å². The Morgan fingerprint density at radius 2 is 1.68 bits per heavy atom. The number of unbranched alkanes of at least 4 members (excludes halogenated alkanes) is 4. The highest BCUT2D eigenvalue weighted by Gasteiger charge is 2.23. The Morgan fingerprint density at radius 1 is 1.00 bits per heavy atom. The van der Waals surface area contributed by atoms with Gasteiger partial charge in [0.1, 0.15) is 23.2 Å². The van der Waals surface area contributed by atoms with Crippen LogP contribution in [0.15, 0.2) is 30.3 Å². The van der Waals surface area contributed by atoms with Crippen LogP contribution in [0.2, 0.25) is 0 Å². The molecular formula is C27H41N5O2. The zero-order valence-corrected chi connectivity index (χ0v) is 21.3. The smallest absolute Gasteiger partial charge is 0.251 e. The van der Waals surface area contributed by atoms with Crippen molar-refractivity contribution < 1.29 is 9.53 Å². The highest BCUT2D eigenvalue weighted by Crippen LogP contribution is 2.23. The van der Waals surface area contributed by atoms with Crippen LogP contribution in [0, 0.1) is 6.92 Å². The van der Waals surface area contributed by atoms with E-state index < -0.39 is 0 Å². The summed E-state index contributed by atoms with van der Waals surface area (Å²) in [5, 5.41) is 6.76. The lowest BCUT2D eigenvalue weighted by Gasteiger charge is -2.30. The molecule has 0 spiro atoms. The number of nitrogens with zero attached hydrogens (tertiary/aromatic N) is 3. The van der Waals surface area contributed by atoms with Crippen LogP contribution in [-0.2, 0) is 0 Å². The second kappa shape index (κ2) is 13.2. The van der Waals surface area contributed by atoms with Gasteiger partial charge in [0.2, 0.25) is 0 Å². The number of aryl methyl sites for hydroxylation is 1. The zero-order valence-electron chi connectivity index (χ0n) is 21.3. The minimum Gasteiger partial charge on any atom is -0.494 e. The molecule has 1 amide bonds. The molecule has 0 radical (unpaired) electrons. The zero-order chi connectivity index (χ0) is 24.3. The second-order valence-corrected chi connectivity index (χ2v) is 9.51. The topological polar surface area (TPSA) is 79.4 Å².